The molecule has 1 saturated heterocycles. The monoisotopic (exact) mass is 570 g/mol. The van der Waals surface area contributed by atoms with Crippen molar-refractivity contribution in [2.75, 3.05) is 11.5 Å². The molecule has 5 N–H and O–H groups in total. The van der Waals surface area contributed by atoms with Gasteiger partial charge >= 0.3 is 41.7 Å². The van der Waals surface area contributed by atoms with E-state index in [1.165, 1.54) is 11.5 Å². The number of oxime groups is 1. The Hall–Kier alpha value is -2.44. The molecule has 0 radical (unpaired) electrons. The van der Waals surface area contributed by atoms with Gasteiger partial charge in [-0.3, -0.25) is 14.5 Å². The zero-order valence-electron chi connectivity index (χ0n) is 17.0. The minimum absolute atomic E-state index is 0. The van der Waals surface area contributed by atoms with Gasteiger partial charge in [0.25, 0.3) is 11.8 Å². The number of carbonyl (C=O) groups is 3. The number of β-lactam (4-membered cyclic amide) rings is 1. The normalized spacial score (nSPS) is 20.1. The van der Waals surface area contributed by atoms with Crippen molar-refractivity contribution in [3.05, 3.63) is 44.5 Å². The van der Waals surface area contributed by atoms with Gasteiger partial charge in [0, 0.05) is 11.1 Å². The van der Waals surface area contributed by atoms with Crippen molar-refractivity contribution in [1.82, 2.24) is 20.2 Å². The fraction of sp³-hybridized carbons (Fsp3) is 0.222. The summed E-state index contributed by atoms with van der Waals surface area (Å²) in [5.74, 6) is -3.08. The number of carbonyl (C=O) groups excluding carboxylic acids is 2. The molecule has 0 spiro atoms. The minimum atomic E-state index is -4.67. The van der Waals surface area contributed by atoms with Crippen LogP contribution < -0.4 is 11.1 Å². The number of anilines is 1. The number of amides is 2. The van der Waals surface area contributed by atoms with Gasteiger partial charge in [-0.2, -0.15) is 13.2 Å². The maximum atomic E-state index is 13.0. The summed E-state index contributed by atoms with van der Waals surface area (Å²) in [4.78, 5) is 45.1. The average molecular weight is 571 g/mol. The van der Waals surface area contributed by atoms with Gasteiger partial charge in [-0.1, -0.05) is 11.2 Å². The molecule has 2 amide bonds. The quantitative estimate of drug-likeness (QED) is 0.131. The number of thiazole rings is 2. The number of nitrogens with zero attached hydrogens (tertiary/aromatic N) is 4. The molecule has 1 fully saturated rings. The molecule has 4 heterocycles. The van der Waals surface area contributed by atoms with Crippen LogP contribution in [0.1, 0.15) is 16.3 Å². The maximum absolute atomic E-state index is 13.0. The summed E-state index contributed by atoms with van der Waals surface area (Å²) in [5.41, 5.74) is 4.67. The fourth-order valence-electron chi connectivity index (χ4n) is 3.35. The van der Waals surface area contributed by atoms with Crippen molar-refractivity contribution >= 4 is 98.7 Å². The number of nitrogen functional groups attached to an aromatic ring is 1. The zero-order chi connectivity index (χ0) is 25.5. The predicted octanol–water partition coefficient (Wildman–Crippen LogP) is 1.18. The Morgan fingerprint density at radius 3 is 2.61 bits per heavy atom. The summed E-state index contributed by atoms with van der Waals surface area (Å²) < 4.78 is 39.1. The molecule has 0 bridgehead atoms. The first kappa shape index (κ1) is 28.1. The first-order chi connectivity index (χ1) is 16.5. The third kappa shape index (κ3) is 5.30. The number of rotatable bonds is 6. The number of halogens is 3. The van der Waals surface area contributed by atoms with Crippen molar-refractivity contribution < 1.29 is 37.9 Å². The molecule has 0 saturated carbocycles. The van der Waals surface area contributed by atoms with Crippen molar-refractivity contribution in [2.45, 2.75) is 17.6 Å². The summed E-state index contributed by atoms with van der Waals surface area (Å²) in [6, 6.07) is -1.13. The van der Waals surface area contributed by atoms with Gasteiger partial charge in [0.05, 0.1) is 10.4 Å². The topological polar surface area (TPSA) is 171 Å². The molecule has 11 nitrogen and oxygen atoms in total. The van der Waals surface area contributed by atoms with Gasteiger partial charge in [0.15, 0.2) is 16.5 Å². The number of nitrogens with two attached hydrogens (primary N) is 1. The van der Waals surface area contributed by atoms with Crippen molar-refractivity contribution in [3.63, 3.8) is 0 Å². The van der Waals surface area contributed by atoms with E-state index in [-0.39, 0.29) is 56.6 Å². The standard InChI is InChI=1S/C18H13F3N6O5S3.Na.H/c19-18(20,21)12-8(35-5-23-12)2-1-6-3-33-15-10(14(29)27(15)11(6)16(30)31)25-13(28)9(26-32)7-4-34-17(22)24-7;;/h1-2,4-5,10,15,32H,3H2,(H2,22,24)(H,25,28)(H,30,31);;/b2-1+,26-9+;;/t10?,15-;;/m1../s1. The summed E-state index contributed by atoms with van der Waals surface area (Å²) >= 11 is 2.85. The van der Waals surface area contributed by atoms with Crippen LogP contribution in [0.5, 0.6) is 0 Å². The van der Waals surface area contributed by atoms with E-state index in [2.05, 4.69) is 20.4 Å². The molecule has 18 heteroatoms. The predicted molar refractivity (Wildman–Crippen MR) is 128 cm³/mol. The molecule has 4 rings (SSSR count). The Kier molecular flexibility index (Phi) is 8.51. The first-order valence-corrected chi connectivity index (χ1v) is 12.2. The van der Waals surface area contributed by atoms with E-state index in [1.807, 2.05) is 0 Å². The SMILES string of the molecule is Nc1nc(/C(=N\O)C(=O)NC2C(=O)N3C(C(=O)O)=C(/C=C/c4scnc4C(F)(F)F)CS[C@H]23)cs1.[NaH]. The number of carboxylic acids is 1. The van der Waals surface area contributed by atoms with Gasteiger partial charge < -0.3 is 21.4 Å². The molecule has 0 aromatic carbocycles. The van der Waals surface area contributed by atoms with E-state index >= 15 is 0 Å². The van der Waals surface area contributed by atoms with Crippen LogP contribution in [0.2, 0.25) is 0 Å². The van der Waals surface area contributed by atoms with Gasteiger partial charge in [-0.25, -0.2) is 14.8 Å². The molecule has 1 unspecified atom stereocenters. The Morgan fingerprint density at radius 1 is 1.31 bits per heavy atom. The number of hydrogen-bond donors (Lipinski definition) is 4. The third-order valence-electron chi connectivity index (χ3n) is 4.87. The Morgan fingerprint density at radius 2 is 2.03 bits per heavy atom. The molecule has 2 aromatic rings. The van der Waals surface area contributed by atoms with E-state index < -0.39 is 52.5 Å². The van der Waals surface area contributed by atoms with Crippen LogP contribution in [-0.2, 0) is 20.6 Å². The second-order valence-electron chi connectivity index (χ2n) is 6.96. The molecule has 0 aliphatic carbocycles. The summed E-state index contributed by atoms with van der Waals surface area (Å²) in [7, 11) is 0. The van der Waals surface area contributed by atoms with E-state index in [4.69, 9.17) is 5.73 Å². The number of carboxylic acid groups (broad SMARTS) is 1. The average Bonchev–Trinajstić information content (AvgIpc) is 3.44. The summed E-state index contributed by atoms with van der Waals surface area (Å²) in [6.45, 7) is 0. The van der Waals surface area contributed by atoms with Crippen LogP contribution >= 0.6 is 34.4 Å². The van der Waals surface area contributed by atoms with Crippen LogP contribution in [0.4, 0.5) is 18.3 Å². The Bertz CT molecular complexity index is 1310. The van der Waals surface area contributed by atoms with E-state index in [1.54, 1.807) is 0 Å². The van der Waals surface area contributed by atoms with E-state index in [0.717, 1.165) is 50.9 Å². The van der Waals surface area contributed by atoms with Crippen LogP contribution in [-0.4, -0.2) is 95.4 Å². The number of thioether (sulfide) groups is 1. The van der Waals surface area contributed by atoms with E-state index in [9.17, 15) is 37.9 Å². The van der Waals surface area contributed by atoms with Gasteiger partial charge in [-0.15, -0.1) is 34.4 Å². The second-order valence-corrected chi connectivity index (χ2v) is 9.84. The zero-order valence-corrected chi connectivity index (χ0v) is 19.5. The van der Waals surface area contributed by atoms with Crippen LogP contribution in [0, 0.1) is 0 Å². The summed E-state index contributed by atoms with van der Waals surface area (Å²) in [5, 5.41) is 24.9. The summed E-state index contributed by atoms with van der Waals surface area (Å²) in [6.07, 6.45) is -2.36. The first-order valence-electron chi connectivity index (χ1n) is 9.37. The number of aliphatic carboxylic acids is 1. The van der Waals surface area contributed by atoms with Gasteiger partial charge in [0.2, 0.25) is 0 Å². The molecular weight excluding hydrogens is 556 g/mol. The molecule has 2 aromatic heterocycles. The molecule has 2 atom stereocenters. The van der Waals surface area contributed by atoms with E-state index in [0.29, 0.717) is 0 Å². The van der Waals surface area contributed by atoms with Crippen LogP contribution in [0.25, 0.3) is 6.08 Å². The Balaban J connectivity index is 0.00000361. The molecule has 186 valence electrons. The van der Waals surface area contributed by atoms with Crippen molar-refractivity contribution in [2.24, 2.45) is 5.16 Å². The number of nitrogens with one attached hydrogen (secondary N) is 1. The van der Waals surface area contributed by atoms with Crippen molar-refractivity contribution in [3.8, 4) is 0 Å². The van der Waals surface area contributed by atoms with Gasteiger partial charge in [0.1, 0.15) is 22.8 Å². The second kappa shape index (κ2) is 10.9. The number of fused-ring (bicyclic) bond motifs is 1. The molecular formula is C18H14F3N6NaO5S3. The third-order valence-corrected chi connectivity index (χ3v) is 7.64. The van der Waals surface area contributed by atoms with Gasteiger partial charge in [-0.05, 0) is 11.6 Å². The van der Waals surface area contributed by atoms with Crippen molar-refractivity contribution in [1.29, 1.82) is 0 Å². The van der Waals surface area contributed by atoms with Crippen LogP contribution in [0.3, 0.4) is 0 Å². The number of allylic oxidation sites excluding steroid dienone is 1. The number of alkyl halides is 3. The molecule has 36 heavy (non-hydrogen) atoms. The molecule has 2 aliphatic rings. The Labute approximate surface area is 234 Å². The van der Waals surface area contributed by atoms with Crippen LogP contribution in [0.15, 0.2) is 33.4 Å². The number of hydrogen-bond acceptors (Lipinski definition) is 11. The molecule has 2 aliphatic heterocycles. The number of aromatic nitrogens is 2. The fourth-order valence-corrected chi connectivity index (χ4v) is 5.92.